The van der Waals surface area contributed by atoms with Crippen molar-refractivity contribution < 1.29 is 31.1 Å². The molecule has 9 heteroatoms. The molecule has 0 aromatic rings. The summed E-state index contributed by atoms with van der Waals surface area (Å²) >= 11 is 0. The van der Waals surface area contributed by atoms with Crippen LogP contribution in [0, 0.1) is 5.92 Å². The SMILES string of the molecule is COC(=O)[C@H](C)N(C/C=C/C1CCCCC1)S(=O)(=O)C(F)(F)F. The molecule has 23 heavy (non-hydrogen) atoms. The number of carbonyl (C=O) groups is 1. The van der Waals surface area contributed by atoms with E-state index in [1.807, 2.05) is 0 Å². The predicted molar refractivity (Wildman–Crippen MR) is 78.9 cm³/mol. The Hall–Kier alpha value is -1.09. The topological polar surface area (TPSA) is 63.7 Å². The van der Waals surface area contributed by atoms with E-state index in [4.69, 9.17) is 0 Å². The molecular formula is C14H22F3NO4S. The number of esters is 1. The van der Waals surface area contributed by atoms with Gasteiger partial charge in [-0.2, -0.15) is 17.5 Å². The van der Waals surface area contributed by atoms with E-state index in [0.29, 0.717) is 0 Å². The molecule has 1 aliphatic carbocycles. The Bertz CT molecular complexity index is 525. The molecule has 1 atom stereocenters. The fraction of sp³-hybridized carbons (Fsp3) is 0.786. The first-order valence-corrected chi connectivity index (χ1v) is 8.88. The van der Waals surface area contributed by atoms with Crippen molar-refractivity contribution in [2.75, 3.05) is 13.7 Å². The highest BCUT2D eigenvalue weighted by atomic mass is 32.2. The van der Waals surface area contributed by atoms with E-state index in [1.54, 1.807) is 6.08 Å². The van der Waals surface area contributed by atoms with Gasteiger partial charge in [-0.05, 0) is 25.7 Å². The third-order valence-corrected chi connectivity index (χ3v) is 5.59. The lowest BCUT2D eigenvalue weighted by Crippen LogP contribution is -2.49. The van der Waals surface area contributed by atoms with Crippen LogP contribution in [0.4, 0.5) is 13.2 Å². The Labute approximate surface area is 134 Å². The second-order valence-electron chi connectivity index (χ2n) is 5.55. The van der Waals surface area contributed by atoms with E-state index in [2.05, 4.69) is 4.74 Å². The van der Waals surface area contributed by atoms with Crippen LogP contribution in [0.25, 0.3) is 0 Å². The normalized spacial score (nSPS) is 19.2. The number of allylic oxidation sites excluding steroid dienone is 1. The molecule has 0 heterocycles. The monoisotopic (exact) mass is 357 g/mol. The summed E-state index contributed by atoms with van der Waals surface area (Å²) in [5.74, 6) is -0.795. The molecule has 0 radical (unpaired) electrons. The van der Waals surface area contributed by atoms with Gasteiger partial charge in [-0.25, -0.2) is 8.42 Å². The van der Waals surface area contributed by atoms with Gasteiger partial charge in [0.15, 0.2) is 0 Å². The summed E-state index contributed by atoms with van der Waals surface area (Å²) in [4.78, 5) is 11.5. The molecule has 134 valence electrons. The van der Waals surface area contributed by atoms with Gasteiger partial charge in [0.05, 0.1) is 7.11 Å². The number of nitrogens with zero attached hydrogens (tertiary/aromatic N) is 1. The molecule has 1 rings (SSSR count). The minimum Gasteiger partial charge on any atom is -0.468 e. The summed E-state index contributed by atoms with van der Waals surface area (Å²) in [5, 5.41) is 0. The maximum Gasteiger partial charge on any atom is 0.511 e. The van der Waals surface area contributed by atoms with Gasteiger partial charge in [0.1, 0.15) is 6.04 Å². The van der Waals surface area contributed by atoms with Gasteiger partial charge in [-0.1, -0.05) is 31.4 Å². The molecule has 1 fully saturated rings. The molecule has 0 aromatic carbocycles. The minimum absolute atomic E-state index is 0.123. The Balaban J connectivity index is 2.91. The highest BCUT2D eigenvalue weighted by molar-refractivity contribution is 7.90. The molecule has 0 aromatic heterocycles. The van der Waals surface area contributed by atoms with Crippen LogP contribution in [-0.2, 0) is 19.6 Å². The van der Waals surface area contributed by atoms with Crippen LogP contribution in [0.1, 0.15) is 39.0 Å². The second kappa shape index (κ2) is 8.14. The Morgan fingerprint density at radius 1 is 1.30 bits per heavy atom. The van der Waals surface area contributed by atoms with E-state index in [-0.39, 0.29) is 10.2 Å². The van der Waals surface area contributed by atoms with Crippen molar-refractivity contribution >= 4 is 16.0 Å². The quantitative estimate of drug-likeness (QED) is 0.542. The fourth-order valence-electron chi connectivity index (χ4n) is 2.57. The molecule has 0 saturated heterocycles. The van der Waals surface area contributed by atoms with Crippen molar-refractivity contribution in [1.82, 2.24) is 4.31 Å². The number of hydrogen-bond acceptors (Lipinski definition) is 4. The summed E-state index contributed by atoms with van der Waals surface area (Å²) in [6, 6.07) is -1.55. The fourth-order valence-corrected chi connectivity index (χ4v) is 3.62. The highest BCUT2D eigenvalue weighted by Gasteiger charge is 2.52. The predicted octanol–water partition coefficient (Wildman–Crippen LogP) is 2.84. The van der Waals surface area contributed by atoms with E-state index in [0.717, 1.165) is 46.1 Å². The van der Waals surface area contributed by atoms with Crippen LogP contribution in [0.3, 0.4) is 0 Å². The highest BCUT2D eigenvalue weighted by Crippen LogP contribution is 2.29. The number of hydrogen-bond donors (Lipinski definition) is 0. The maximum absolute atomic E-state index is 12.8. The molecule has 0 aliphatic heterocycles. The maximum atomic E-state index is 12.8. The lowest BCUT2D eigenvalue weighted by molar-refractivity contribution is -0.144. The molecule has 1 saturated carbocycles. The van der Waals surface area contributed by atoms with Crippen LogP contribution >= 0.6 is 0 Å². The number of ether oxygens (including phenoxy) is 1. The number of sulfonamides is 1. The van der Waals surface area contributed by atoms with Gasteiger partial charge in [-0.15, -0.1) is 0 Å². The first kappa shape index (κ1) is 20.0. The molecule has 0 amide bonds. The van der Waals surface area contributed by atoms with E-state index >= 15 is 0 Å². The third kappa shape index (κ3) is 5.20. The molecule has 0 spiro atoms. The molecule has 0 N–H and O–H groups in total. The summed E-state index contributed by atoms with van der Waals surface area (Å²) in [6.07, 6.45) is 8.25. The zero-order valence-electron chi connectivity index (χ0n) is 13.2. The largest absolute Gasteiger partial charge is 0.511 e. The number of rotatable bonds is 6. The van der Waals surface area contributed by atoms with E-state index in [9.17, 15) is 26.4 Å². The van der Waals surface area contributed by atoms with Gasteiger partial charge >= 0.3 is 21.5 Å². The van der Waals surface area contributed by atoms with Crippen LogP contribution in [0.15, 0.2) is 12.2 Å². The summed E-state index contributed by atoms with van der Waals surface area (Å²) in [6.45, 7) is 0.554. The Morgan fingerprint density at radius 3 is 2.35 bits per heavy atom. The van der Waals surface area contributed by atoms with E-state index in [1.165, 1.54) is 6.08 Å². The minimum atomic E-state index is -5.61. The molecule has 0 bridgehead atoms. The zero-order chi connectivity index (χ0) is 17.7. The Morgan fingerprint density at radius 2 is 1.87 bits per heavy atom. The molecular weight excluding hydrogens is 335 g/mol. The lowest BCUT2D eigenvalue weighted by Gasteiger charge is -2.26. The van der Waals surface area contributed by atoms with Crippen molar-refractivity contribution in [3.8, 4) is 0 Å². The number of carbonyl (C=O) groups excluding carboxylic acids is 1. The van der Waals surface area contributed by atoms with Gasteiger partial charge in [0, 0.05) is 6.54 Å². The first-order valence-electron chi connectivity index (χ1n) is 7.44. The molecule has 5 nitrogen and oxygen atoms in total. The molecule has 0 unspecified atom stereocenters. The number of methoxy groups -OCH3 is 1. The third-order valence-electron chi connectivity index (χ3n) is 3.92. The standard InChI is InChI=1S/C14H22F3NO4S/c1-11(13(19)22-2)18(23(20,21)14(15,16)17)10-6-9-12-7-4-3-5-8-12/h6,9,11-12H,3-5,7-8,10H2,1-2H3/b9-6+/t11-/m0/s1. The first-order chi connectivity index (χ1) is 10.6. The number of alkyl halides is 3. The summed E-state index contributed by atoms with van der Waals surface area (Å²) in [7, 11) is -4.62. The van der Waals surface area contributed by atoms with Crippen LogP contribution in [-0.4, -0.2) is 43.9 Å². The van der Waals surface area contributed by atoms with Crippen molar-refractivity contribution in [2.24, 2.45) is 5.92 Å². The van der Waals surface area contributed by atoms with Crippen LogP contribution in [0.2, 0.25) is 0 Å². The average molecular weight is 357 g/mol. The summed E-state index contributed by atoms with van der Waals surface area (Å²) in [5.41, 5.74) is -5.46. The van der Waals surface area contributed by atoms with Crippen LogP contribution < -0.4 is 0 Å². The lowest BCUT2D eigenvalue weighted by atomic mass is 9.89. The smallest absolute Gasteiger partial charge is 0.468 e. The van der Waals surface area contributed by atoms with Crippen LogP contribution in [0.5, 0.6) is 0 Å². The van der Waals surface area contributed by atoms with Crippen molar-refractivity contribution in [3.63, 3.8) is 0 Å². The Kier molecular flexibility index (Phi) is 7.06. The number of halogens is 3. The molecule has 1 aliphatic rings. The second-order valence-corrected chi connectivity index (χ2v) is 7.43. The van der Waals surface area contributed by atoms with Gasteiger partial charge in [0.2, 0.25) is 0 Å². The van der Waals surface area contributed by atoms with Crippen molar-refractivity contribution in [1.29, 1.82) is 0 Å². The average Bonchev–Trinajstić information content (AvgIpc) is 2.49. The van der Waals surface area contributed by atoms with Gasteiger partial charge in [0.25, 0.3) is 0 Å². The van der Waals surface area contributed by atoms with Crippen molar-refractivity contribution in [3.05, 3.63) is 12.2 Å². The van der Waals surface area contributed by atoms with E-state index < -0.39 is 34.1 Å². The van der Waals surface area contributed by atoms with Crippen molar-refractivity contribution in [2.45, 2.75) is 50.6 Å². The zero-order valence-corrected chi connectivity index (χ0v) is 14.0. The van der Waals surface area contributed by atoms with Gasteiger partial charge in [-0.3, -0.25) is 4.79 Å². The summed E-state index contributed by atoms with van der Waals surface area (Å²) < 4.78 is 66.2. The van der Waals surface area contributed by atoms with Gasteiger partial charge < -0.3 is 4.74 Å².